The van der Waals surface area contributed by atoms with Crippen molar-refractivity contribution in [2.75, 3.05) is 19.0 Å². The monoisotopic (exact) mass is 447 g/mol. The molecule has 1 aliphatic rings. The highest BCUT2D eigenvalue weighted by Gasteiger charge is 2.36. The van der Waals surface area contributed by atoms with Crippen molar-refractivity contribution < 1.29 is 33.0 Å². The number of nitrogens with one attached hydrogen (secondary N) is 2. The number of carbonyl (C=O) groups excluding carboxylic acids is 3. The number of amides is 2. The van der Waals surface area contributed by atoms with Crippen LogP contribution in [0.3, 0.4) is 0 Å². The van der Waals surface area contributed by atoms with E-state index in [1.54, 1.807) is 44.2 Å². The van der Waals surface area contributed by atoms with Crippen molar-refractivity contribution in [2.45, 2.75) is 24.9 Å². The Morgan fingerprint density at radius 2 is 2.06 bits per heavy atom. The van der Waals surface area contributed by atoms with Crippen molar-refractivity contribution in [2.24, 2.45) is 0 Å². The number of carbonyl (C=O) groups is 3. The van der Waals surface area contributed by atoms with E-state index in [1.165, 1.54) is 6.20 Å². The van der Waals surface area contributed by atoms with Gasteiger partial charge >= 0.3 is 18.0 Å². The summed E-state index contributed by atoms with van der Waals surface area (Å²) in [6, 6.07) is 6.71. The van der Waals surface area contributed by atoms with Crippen LogP contribution in [0.15, 0.2) is 57.2 Å². The standard InChI is InChI=1S/C20H21N3O7S/c1-3-28-19(25)17-13(21-20(26)22-18(17)14-8-7-12(2)30-14)10-29-16(24)11-31-15-6-4-5-9-23(15)27/h4-9,18H,3,10-11H2,1-2H3,(H2,21,22,26). The number of furan rings is 1. The highest BCUT2D eigenvalue weighted by molar-refractivity contribution is 7.99. The van der Waals surface area contributed by atoms with Gasteiger partial charge in [0.15, 0.2) is 6.20 Å². The summed E-state index contributed by atoms with van der Waals surface area (Å²) in [4.78, 5) is 36.9. The quantitative estimate of drug-likeness (QED) is 0.270. The highest BCUT2D eigenvalue weighted by Crippen LogP contribution is 2.29. The summed E-state index contributed by atoms with van der Waals surface area (Å²) in [5.41, 5.74) is 0.176. The largest absolute Gasteiger partial charge is 0.618 e. The van der Waals surface area contributed by atoms with Crippen LogP contribution in [0.2, 0.25) is 0 Å². The van der Waals surface area contributed by atoms with Crippen molar-refractivity contribution in [3.05, 3.63) is 64.5 Å². The van der Waals surface area contributed by atoms with Crippen LogP contribution in [0.25, 0.3) is 0 Å². The van der Waals surface area contributed by atoms with E-state index in [4.69, 9.17) is 13.9 Å². The van der Waals surface area contributed by atoms with Crippen molar-refractivity contribution in [3.63, 3.8) is 0 Å². The molecule has 31 heavy (non-hydrogen) atoms. The summed E-state index contributed by atoms with van der Waals surface area (Å²) in [5, 5.41) is 17.1. The van der Waals surface area contributed by atoms with Gasteiger partial charge in [-0.15, -0.1) is 0 Å². The molecule has 2 aromatic heterocycles. The molecule has 3 rings (SSSR count). The molecule has 2 N–H and O–H groups in total. The first-order valence-corrected chi connectivity index (χ1v) is 10.4. The fraction of sp³-hybridized carbons (Fsp3) is 0.300. The molecule has 2 aromatic rings. The number of aryl methyl sites for hydroxylation is 1. The zero-order valence-electron chi connectivity index (χ0n) is 16.9. The molecule has 1 aliphatic heterocycles. The second-order valence-electron chi connectivity index (χ2n) is 6.41. The number of pyridine rings is 1. The van der Waals surface area contributed by atoms with Gasteiger partial charge in [0.2, 0.25) is 0 Å². The number of aromatic nitrogens is 1. The van der Waals surface area contributed by atoms with E-state index in [0.29, 0.717) is 21.3 Å². The highest BCUT2D eigenvalue weighted by atomic mass is 32.2. The Hall–Kier alpha value is -3.47. The van der Waals surface area contributed by atoms with Gasteiger partial charge in [-0.1, -0.05) is 0 Å². The van der Waals surface area contributed by atoms with E-state index in [0.717, 1.165) is 11.8 Å². The normalized spacial score (nSPS) is 15.8. The molecule has 0 radical (unpaired) electrons. The fourth-order valence-corrected chi connectivity index (χ4v) is 3.57. The number of urea groups is 1. The van der Waals surface area contributed by atoms with Crippen LogP contribution in [0.1, 0.15) is 24.5 Å². The summed E-state index contributed by atoms with van der Waals surface area (Å²) < 4.78 is 16.6. The minimum Gasteiger partial charge on any atom is -0.618 e. The zero-order chi connectivity index (χ0) is 22.4. The van der Waals surface area contributed by atoms with Gasteiger partial charge in [-0.3, -0.25) is 4.79 Å². The molecule has 3 heterocycles. The first-order chi connectivity index (χ1) is 14.9. The van der Waals surface area contributed by atoms with Crippen molar-refractivity contribution in [1.82, 2.24) is 10.6 Å². The number of ether oxygens (including phenoxy) is 2. The molecule has 0 aromatic carbocycles. The number of rotatable bonds is 8. The number of thioether (sulfide) groups is 1. The molecule has 0 bridgehead atoms. The van der Waals surface area contributed by atoms with Gasteiger partial charge < -0.3 is 29.7 Å². The molecule has 0 saturated heterocycles. The van der Waals surface area contributed by atoms with Crippen LogP contribution >= 0.6 is 11.8 Å². The molecule has 11 heteroatoms. The lowest BCUT2D eigenvalue weighted by atomic mass is 10.0. The summed E-state index contributed by atoms with van der Waals surface area (Å²) in [6.45, 7) is 3.15. The molecule has 1 atom stereocenters. The molecule has 10 nitrogen and oxygen atoms in total. The minimum absolute atomic E-state index is 0.0803. The maximum absolute atomic E-state index is 12.6. The van der Waals surface area contributed by atoms with Crippen molar-refractivity contribution >= 4 is 29.7 Å². The molecule has 1 unspecified atom stereocenters. The van der Waals surface area contributed by atoms with Crippen LogP contribution in [-0.2, 0) is 19.1 Å². The Kier molecular flexibility index (Phi) is 7.19. The Balaban J connectivity index is 1.76. The third kappa shape index (κ3) is 5.57. The van der Waals surface area contributed by atoms with E-state index < -0.39 is 24.0 Å². The Morgan fingerprint density at radius 1 is 1.26 bits per heavy atom. The maximum atomic E-state index is 12.6. The second kappa shape index (κ2) is 10.0. The van der Waals surface area contributed by atoms with Crippen LogP contribution in [0.4, 0.5) is 4.79 Å². The zero-order valence-corrected chi connectivity index (χ0v) is 17.7. The number of nitrogens with zero attached hydrogens (tertiary/aromatic N) is 1. The Morgan fingerprint density at radius 3 is 2.74 bits per heavy atom. The topological polar surface area (TPSA) is 134 Å². The van der Waals surface area contributed by atoms with Crippen LogP contribution in [0.5, 0.6) is 0 Å². The number of hydrogen-bond acceptors (Lipinski definition) is 8. The van der Waals surface area contributed by atoms with Gasteiger partial charge in [0, 0.05) is 12.1 Å². The van der Waals surface area contributed by atoms with E-state index >= 15 is 0 Å². The molecule has 2 amide bonds. The summed E-state index contributed by atoms with van der Waals surface area (Å²) in [7, 11) is 0. The predicted octanol–water partition coefficient (Wildman–Crippen LogP) is 1.73. The third-order valence-corrected chi connectivity index (χ3v) is 5.19. The number of hydrogen-bond donors (Lipinski definition) is 2. The van der Waals surface area contributed by atoms with Gasteiger partial charge in [0.25, 0.3) is 5.03 Å². The molecule has 0 fully saturated rings. The van der Waals surface area contributed by atoms with E-state index in [2.05, 4.69) is 10.6 Å². The molecule has 0 spiro atoms. The van der Waals surface area contributed by atoms with Crippen LogP contribution in [-0.4, -0.2) is 36.9 Å². The summed E-state index contributed by atoms with van der Waals surface area (Å²) in [5.74, 6) is -0.471. The van der Waals surface area contributed by atoms with Gasteiger partial charge in [-0.2, -0.15) is 4.73 Å². The van der Waals surface area contributed by atoms with Crippen molar-refractivity contribution in [1.29, 1.82) is 0 Å². The average molecular weight is 447 g/mol. The molecule has 164 valence electrons. The summed E-state index contributed by atoms with van der Waals surface area (Å²) in [6.07, 6.45) is 1.32. The van der Waals surface area contributed by atoms with Gasteiger partial charge in [0.1, 0.15) is 29.9 Å². The van der Waals surface area contributed by atoms with Crippen molar-refractivity contribution in [3.8, 4) is 0 Å². The van der Waals surface area contributed by atoms with E-state index in [-0.39, 0.29) is 30.2 Å². The first-order valence-electron chi connectivity index (χ1n) is 9.39. The molecular weight excluding hydrogens is 426 g/mol. The lowest BCUT2D eigenvalue weighted by molar-refractivity contribution is -0.645. The second-order valence-corrected chi connectivity index (χ2v) is 7.40. The fourth-order valence-electron chi connectivity index (χ4n) is 2.86. The molecule has 0 saturated carbocycles. The maximum Gasteiger partial charge on any atom is 0.338 e. The molecular formula is C20H21N3O7S. The lowest BCUT2D eigenvalue weighted by Gasteiger charge is -2.27. The third-order valence-electron chi connectivity index (χ3n) is 4.20. The lowest BCUT2D eigenvalue weighted by Crippen LogP contribution is -2.47. The van der Waals surface area contributed by atoms with Gasteiger partial charge in [0.05, 0.1) is 17.9 Å². The minimum atomic E-state index is -0.895. The first kappa shape index (κ1) is 22.2. The number of esters is 2. The average Bonchev–Trinajstić information content (AvgIpc) is 3.17. The Labute approximate surface area is 182 Å². The van der Waals surface area contributed by atoms with E-state index in [1.807, 2.05) is 0 Å². The van der Waals surface area contributed by atoms with Gasteiger partial charge in [-0.25, -0.2) is 9.59 Å². The van der Waals surface area contributed by atoms with E-state index in [9.17, 15) is 19.6 Å². The van der Waals surface area contributed by atoms with Gasteiger partial charge in [-0.05, 0) is 43.8 Å². The summed E-state index contributed by atoms with van der Waals surface area (Å²) >= 11 is 1.01. The van der Waals surface area contributed by atoms with Crippen LogP contribution in [0, 0.1) is 12.1 Å². The SMILES string of the molecule is CCOC(=O)C1=C(COC(=O)CSc2cccc[n+]2[O-])NC(=O)NC1c1ccc(C)o1. The Bertz CT molecular complexity index is 1020. The predicted molar refractivity (Wildman–Crippen MR) is 109 cm³/mol. The smallest absolute Gasteiger partial charge is 0.338 e. The molecule has 0 aliphatic carbocycles. The van der Waals surface area contributed by atoms with Crippen LogP contribution < -0.4 is 15.4 Å².